The summed E-state index contributed by atoms with van der Waals surface area (Å²) in [7, 11) is 0. The van der Waals surface area contributed by atoms with E-state index >= 15 is 0 Å². The van der Waals surface area contributed by atoms with Crippen molar-refractivity contribution < 1.29 is 4.39 Å². The van der Waals surface area contributed by atoms with Crippen LogP contribution in [0.5, 0.6) is 0 Å². The maximum absolute atomic E-state index is 13.1. The summed E-state index contributed by atoms with van der Waals surface area (Å²) in [6.45, 7) is 0. The number of aryl methyl sites for hydroxylation is 1. The second-order valence-electron chi connectivity index (χ2n) is 4.72. The molecule has 6 heteroatoms. The molecular formula is C14H12BrClFN3. The SMILES string of the molecule is Fc1ccc(Nc2nc(Cl)c3c(n2)CCCC3)c(Br)c1. The Morgan fingerprint density at radius 1 is 1.20 bits per heavy atom. The molecule has 104 valence electrons. The third-order valence-corrected chi connectivity index (χ3v) is 4.28. The molecule has 1 aliphatic carbocycles. The number of nitrogens with one attached hydrogen (secondary N) is 1. The van der Waals surface area contributed by atoms with Crippen LogP contribution < -0.4 is 5.32 Å². The summed E-state index contributed by atoms with van der Waals surface area (Å²) >= 11 is 9.52. The predicted molar refractivity (Wildman–Crippen MR) is 81.1 cm³/mol. The molecule has 2 aromatic rings. The van der Waals surface area contributed by atoms with Crippen molar-refractivity contribution >= 4 is 39.2 Å². The first kappa shape index (κ1) is 13.8. The molecule has 0 spiro atoms. The van der Waals surface area contributed by atoms with E-state index in [2.05, 4.69) is 31.2 Å². The second-order valence-corrected chi connectivity index (χ2v) is 5.93. The highest BCUT2D eigenvalue weighted by Gasteiger charge is 2.17. The van der Waals surface area contributed by atoms with Crippen molar-refractivity contribution in [2.24, 2.45) is 0 Å². The fraction of sp³-hybridized carbons (Fsp3) is 0.286. The van der Waals surface area contributed by atoms with Gasteiger partial charge in [-0.3, -0.25) is 0 Å². The van der Waals surface area contributed by atoms with Gasteiger partial charge >= 0.3 is 0 Å². The quantitative estimate of drug-likeness (QED) is 0.796. The minimum Gasteiger partial charge on any atom is -0.323 e. The molecule has 0 fully saturated rings. The summed E-state index contributed by atoms with van der Waals surface area (Å²) in [6, 6.07) is 4.41. The standard InChI is InChI=1S/C14H12BrClFN3/c15-10-7-8(17)5-6-12(10)19-14-18-11-4-2-1-3-9(11)13(16)20-14/h5-7H,1-4H2,(H,18,19,20). The highest BCUT2D eigenvalue weighted by molar-refractivity contribution is 9.10. The first-order valence-electron chi connectivity index (χ1n) is 6.41. The highest BCUT2D eigenvalue weighted by Crippen LogP contribution is 2.29. The van der Waals surface area contributed by atoms with E-state index in [0.29, 0.717) is 21.3 Å². The Balaban J connectivity index is 1.93. The number of anilines is 2. The number of fused-ring (bicyclic) bond motifs is 1. The fourth-order valence-electron chi connectivity index (χ4n) is 2.32. The summed E-state index contributed by atoms with van der Waals surface area (Å²) in [5.41, 5.74) is 2.77. The monoisotopic (exact) mass is 355 g/mol. The first-order chi connectivity index (χ1) is 9.63. The molecule has 1 aliphatic rings. The average Bonchev–Trinajstić information content (AvgIpc) is 2.42. The second kappa shape index (κ2) is 5.66. The molecule has 20 heavy (non-hydrogen) atoms. The zero-order valence-corrected chi connectivity index (χ0v) is 12.9. The Morgan fingerprint density at radius 2 is 2.00 bits per heavy atom. The van der Waals surface area contributed by atoms with Gasteiger partial charge in [0.1, 0.15) is 11.0 Å². The lowest BCUT2D eigenvalue weighted by Crippen LogP contribution is -2.10. The van der Waals surface area contributed by atoms with Gasteiger partial charge in [0, 0.05) is 10.0 Å². The number of hydrogen-bond donors (Lipinski definition) is 1. The minimum absolute atomic E-state index is 0.299. The summed E-state index contributed by atoms with van der Waals surface area (Å²) in [6.07, 6.45) is 4.12. The topological polar surface area (TPSA) is 37.8 Å². The van der Waals surface area contributed by atoms with Crippen LogP contribution in [0.1, 0.15) is 24.1 Å². The molecule has 1 aromatic carbocycles. The molecule has 0 unspecified atom stereocenters. The smallest absolute Gasteiger partial charge is 0.228 e. The van der Waals surface area contributed by atoms with Crippen molar-refractivity contribution in [3.63, 3.8) is 0 Å². The molecule has 3 rings (SSSR count). The van der Waals surface area contributed by atoms with Crippen molar-refractivity contribution in [3.8, 4) is 0 Å². The Morgan fingerprint density at radius 3 is 2.80 bits per heavy atom. The Kier molecular flexibility index (Phi) is 3.89. The van der Waals surface area contributed by atoms with E-state index in [1.54, 1.807) is 6.07 Å². The van der Waals surface area contributed by atoms with Crippen molar-refractivity contribution in [1.29, 1.82) is 0 Å². The van der Waals surface area contributed by atoms with Crippen LogP contribution in [0.15, 0.2) is 22.7 Å². The molecule has 0 atom stereocenters. The van der Waals surface area contributed by atoms with E-state index in [-0.39, 0.29) is 5.82 Å². The highest BCUT2D eigenvalue weighted by atomic mass is 79.9. The Labute approximate surface area is 129 Å². The van der Waals surface area contributed by atoms with E-state index in [9.17, 15) is 4.39 Å². The van der Waals surface area contributed by atoms with Crippen LogP contribution in [0.4, 0.5) is 16.0 Å². The molecule has 0 saturated heterocycles. The maximum atomic E-state index is 13.1. The van der Waals surface area contributed by atoms with Gasteiger partial charge in [0.25, 0.3) is 0 Å². The molecule has 0 amide bonds. The maximum Gasteiger partial charge on any atom is 0.228 e. The summed E-state index contributed by atoms with van der Waals surface area (Å²) in [4.78, 5) is 8.79. The van der Waals surface area contributed by atoms with Gasteiger partial charge < -0.3 is 5.32 Å². The van der Waals surface area contributed by atoms with Crippen LogP contribution in [-0.2, 0) is 12.8 Å². The van der Waals surface area contributed by atoms with Crippen LogP contribution in [0.2, 0.25) is 5.15 Å². The van der Waals surface area contributed by atoms with Crippen molar-refractivity contribution in [1.82, 2.24) is 9.97 Å². The molecule has 1 heterocycles. The largest absolute Gasteiger partial charge is 0.323 e. The summed E-state index contributed by atoms with van der Waals surface area (Å²) in [5.74, 6) is 0.148. The first-order valence-corrected chi connectivity index (χ1v) is 7.58. The van der Waals surface area contributed by atoms with Crippen molar-refractivity contribution in [2.45, 2.75) is 25.7 Å². The van der Waals surface area contributed by atoms with E-state index in [1.165, 1.54) is 12.1 Å². The van der Waals surface area contributed by atoms with Crippen LogP contribution in [-0.4, -0.2) is 9.97 Å². The zero-order chi connectivity index (χ0) is 14.1. The van der Waals surface area contributed by atoms with Gasteiger partial charge in [-0.2, -0.15) is 0 Å². The Bertz CT molecular complexity index is 663. The van der Waals surface area contributed by atoms with Gasteiger partial charge in [-0.05, 0) is 59.8 Å². The molecule has 0 aliphatic heterocycles. The van der Waals surface area contributed by atoms with Crippen LogP contribution >= 0.6 is 27.5 Å². The molecule has 1 N–H and O–H groups in total. The number of aromatic nitrogens is 2. The van der Waals surface area contributed by atoms with E-state index in [4.69, 9.17) is 11.6 Å². The molecule has 3 nitrogen and oxygen atoms in total. The van der Waals surface area contributed by atoms with Gasteiger partial charge in [0.2, 0.25) is 5.95 Å². The van der Waals surface area contributed by atoms with Crippen LogP contribution in [0, 0.1) is 5.82 Å². The molecule has 1 aromatic heterocycles. The third-order valence-electron chi connectivity index (χ3n) is 3.31. The number of hydrogen-bond acceptors (Lipinski definition) is 3. The minimum atomic E-state index is -0.299. The molecule has 0 saturated carbocycles. The van der Waals surface area contributed by atoms with Crippen molar-refractivity contribution in [2.75, 3.05) is 5.32 Å². The fourth-order valence-corrected chi connectivity index (χ4v) is 3.05. The number of rotatable bonds is 2. The molecule has 0 radical (unpaired) electrons. The van der Waals surface area contributed by atoms with Crippen LogP contribution in [0.3, 0.4) is 0 Å². The van der Waals surface area contributed by atoms with Crippen LogP contribution in [0.25, 0.3) is 0 Å². The number of halogens is 3. The number of nitrogens with zero attached hydrogens (tertiary/aromatic N) is 2. The lowest BCUT2D eigenvalue weighted by Gasteiger charge is -2.17. The van der Waals surface area contributed by atoms with E-state index < -0.39 is 0 Å². The molecule has 0 bridgehead atoms. The lowest BCUT2D eigenvalue weighted by atomic mass is 9.97. The van der Waals surface area contributed by atoms with Gasteiger partial charge in [-0.15, -0.1) is 0 Å². The zero-order valence-electron chi connectivity index (χ0n) is 10.6. The lowest BCUT2D eigenvalue weighted by molar-refractivity contribution is 0.627. The van der Waals surface area contributed by atoms with Gasteiger partial charge in [-0.1, -0.05) is 11.6 Å². The number of benzene rings is 1. The average molecular weight is 357 g/mol. The Hall–Kier alpha value is -1.20. The van der Waals surface area contributed by atoms with Crippen molar-refractivity contribution in [3.05, 3.63) is 44.9 Å². The summed E-state index contributed by atoms with van der Waals surface area (Å²) < 4.78 is 13.7. The summed E-state index contributed by atoms with van der Waals surface area (Å²) in [5, 5.41) is 3.58. The van der Waals surface area contributed by atoms with Gasteiger partial charge in [-0.25, -0.2) is 14.4 Å². The van der Waals surface area contributed by atoms with E-state index in [0.717, 1.165) is 36.9 Å². The van der Waals surface area contributed by atoms with E-state index in [1.807, 2.05) is 0 Å². The molecular weight excluding hydrogens is 345 g/mol. The third kappa shape index (κ3) is 2.79. The van der Waals surface area contributed by atoms with Gasteiger partial charge in [0.05, 0.1) is 11.4 Å². The van der Waals surface area contributed by atoms with Gasteiger partial charge in [0.15, 0.2) is 0 Å². The predicted octanol–water partition coefficient (Wildman–Crippen LogP) is 4.65. The normalized spacial score (nSPS) is 13.9.